The SMILES string of the molecule is CCCNC(CN1CCC(OC)CC1)C1CCOC1. The van der Waals surface area contributed by atoms with Gasteiger partial charge in [0.15, 0.2) is 0 Å². The zero-order valence-electron chi connectivity index (χ0n) is 12.6. The molecule has 2 unspecified atom stereocenters. The van der Waals surface area contributed by atoms with E-state index in [1.165, 1.54) is 45.3 Å². The quantitative estimate of drug-likeness (QED) is 0.760. The molecule has 4 heteroatoms. The monoisotopic (exact) mass is 270 g/mol. The van der Waals surface area contributed by atoms with E-state index in [1.807, 2.05) is 7.11 Å². The number of hydrogen-bond donors (Lipinski definition) is 1. The molecule has 0 aromatic heterocycles. The van der Waals surface area contributed by atoms with Crippen LogP contribution in [-0.4, -0.2) is 63.5 Å². The molecule has 0 aromatic rings. The summed E-state index contributed by atoms with van der Waals surface area (Å²) < 4.78 is 11.0. The molecule has 0 amide bonds. The molecule has 2 atom stereocenters. The van der Waals surface area contributed by atoms with Gasteiger partial charge >= 0.3 is 0 Å². The van der Waals surface area contributed by atoms with Crippen molar-refractivity contribution in [3.05, 3.63) is 0 Å². The smallest absolute Gasteiger partial charge is 0.0595 e. The van der Waals surface area contributed by atoms with Crippen LogP contribution in [0.15, 0.2) is 0 Å². The van der Waals surface area contributed by atoms with Crippen LogP contribution >= 0.6 is 0 Å². The Bertz CT molecular complexity index is 236. The number of likely N-dealkylation sites (tertiary alicyclic amines) is 1. The molecule has 0 spiro atoms. The summed E-state index contributed by atoms with van der Waals surface area (Å²) in [7, 11) is 1.84. The molecule has 2 heterocycles. The lowest BCUT2D eigenvalue weighted by molar-refractivity contribution is 0.0357. The zero-order chi connectivity index (χ0) is 13.5. The summed E-state index contributed by atoms with van der Waals surface area (Å²) in [6.07, 6.45) is 5.26. The Morgan fingerprint density at radius 2 is 2.11 bits per heavy atom. The van der Waals surface area contributed by atoms with Crippen molar-refractivity contribution in [2.45, 2.75) is 44.8 Å². The highest BCUT2D eigenvalue weighted by Crippen LogP contribution is 2.20. The van der Waals surface area contributed by atoms with E-state index < -0.39 is 0 Å². The number of hydrogen-bond acceptors (Lipinski definition) is 4. The van der Waals surface area contributed by atoms with Gasteiger partial charge in [-0.1, -0.05) is 6.92 Å². The Hall–Kier alpha value is -0.160. The van der Waals surface area contributed by atoms with Crippen LogP contribution in [0.3, 0.4) is 0 Å². The van der Waals surface area contributed by atoms with E-state index in [2.05, 4.69) is 17.1 Å². The maximum Gasteiger partial charge on any atom is 0.0595 e. The Labute approximate surface area is 117 Å². The highest BCUT2D eigenvalue weighted by molar-refractivity contribution is 4.84. The fraction of sp³-hybridized carbons (Fsp3) is 1.00. The standard InChI is InChI=1S/C15H30N2O2/c1-3-7-16-15(13-6-10-19-12-13)11-17-8-4-14(18-2)5-9-17/h13-16H,3-12H2,1-2H3. The number of methoxy groups -OCH3 is 1. The average Bonchev–Trinajstić information content (AvgIpc) is 2.98. The first-order valence-corrected chi connectivity index (χ1v) is 7.89. The van der Waals surface area contributed by atoms with Gasteiger partial charge in [0.1, 0.15) is 0 Å². The molecule has 0 aliphatic carbocycles. The molecule has 19 heavy (non-hydrogen) atoms. The molecule has 2 rings (SSSR count). The van der Waals surface area contributed by atoms with E-state index in [4.69, 9.17) is 9.47 Å². The summed E-state index contributed by atoms with van der Waals surface area (Å²) in [5.41, 5.74) is 0. The molecular formula is C15H30N2O2. The van der Waals surface area contributed by atoms with Gasteiger partial charge in [-0.15, -0.1) is 0 Å². The van der Waals surface area contributed by atoms with E-state index >= 15 is 0 Å². The third-order valence-electron chi connectivity index (χ3n) is 4.51. The Balaban J connectivity index is 1.78. The van der Waals surface area contributed by atoms with Gasteiger partial charge in [0.25, 0.3) is 0 Å². The van der Waals surface area contributed by atoms with Gasteiger partial charge in [-0.05, 0) is 32.2 Å². The highest BCUT2D eigenvalue weighted by Gasteiger charge is 2.28. The predicted octanol–water partition coefficient (Wildman–Crippen LogP) is 1.50. The minimum Gasteiger partial charge on any atom is -0.381 e. The molecule has 0 radical (unpaired) electrons. The van der Waals surface area contributed by atoms with Gasteiger partial charge in [0.05, 0.1) is 12.7 Å². The molecule has 2 saturated heterocycles. The molecule has 1 N–H and O–H groups in total. The number of rotatable bonds is 7. The maximum atomic E-state index is 5.56. The highest BCUT2D eigenvalue weighted by atomic mass is 16.5. The van der Waals surface area contributed by atoms with Crippen LogP contribution < -0.4 is 5.32 Å². The number of nitrogens with one attached hydrogen (secondary N) is 1. The minimum absolute atomic E-state index is 0.480. The normalized spacial score (nSPS) is 27.8. The number of nitrogens with zero attached hydrogens (tertiary/aromatic N) is 1. The lowest BCUT2D eigenvalue weighted by Crippen LogP contribution is -2.49. The predicted molar refractivity (Wildman–Crippen MR) is 77.5 cm³/mol. The maximum absolute atomic E-state index is 5.56. The fourth-order valence-corrected chi connectivity index (χ4v) is 3.19. The van der Waals surface area contributed by atoms with Gasteiger partial charge in [0.2, 0.25) is 0 Å². The lowest BCUT2D eigenvalue weighted by Gasteiger charge is -2.35. The summed E-state index contributed by atoms with van der Waals surface area (Å²) in [5, 5.41) is 3.73. The van der Waals surface area contributed by atoms with E-state index in [9.17, 15) is 0 Å². The average molecular weight is 270 g/mol. The molecule has 2 aliphatic heterocycles. The lowest BCUT2D eigenvalue weighted by atomic mass is 9.97. The minimum atomic E-state index is 0.480. The van der Waals surface area contributed by atoms with Gasteiger partial charge in [0, 0.05) is 45.3 Å². The van der Waals surface area contributed by atoms with E-state index in [-0.39, 0.29) is 0 Å². The summed E-state index contributed by atoms with van der Waals surface area (Å²) in [6, 6.07) is 0.599. The van der Waals surface area contributed by atoms with Crippen molar-refractivity contribution in [2.24, 2.45) is 5.92 Å². The summed E-state index contributed by atoms with van der Waals surface area (Å²) in [6.45, 7) is 8.77. The van der Waals surface area contributed by atoms with Crippen LogP contribution in [0.25, 0.3) is 0 Å². The van der Waals surface area contributed by atoms with Crippen molar-refractivity contribution in [3.63, 3.8) is 0 Å². The zero-order valence-corrected chi connectivity index (χ0v) is 12.6. The van der Waals surface area contributed by atoms with Crippen molar-refractivity contribution < 1.29 is 9.47 Å². The van der Waals surface area contributed by atoms with Crippen molar-refractivity contribution in [1.82, 2.24) is 10.2 Å². The van der Waals surface area contributed by atoms with Gasteiger partial charge in [-0.25, -0.2) is 0 Å². The fourth-order valence-electron chi connectivity index (χ4n) is 3.19. The van der Waals surface area contributed by atoms with Crippen LogP contribution in [0.1, 0.15) is 32.6 Å². The molecule has 2 fully saturated rings. The van der Waals surface area contributed by atoms with Crippen LogP contribution in [0.2, 0.25) is 0 Å². The number of ether oxygens (including phenoxy) is 2. The Morgan fingerprint density at radius 1 is 1.32 bits per heavy atom. The van der Waals surface area contributed by atoms with Crippen LogP contribution in [0.5, 0.6) is 0 Å². The first-order chi connectivity index (χ1) is 9.33. The second-order valence-corrected chi connectivity index (χ2v) is 5.92. The molecule has 2 aliphatic rings. The molecule has 0 aromatic carbocycles. The van der Waals surface area contributed by atoms with E-state index in [0.29, 0.717) is 18.1 Å². The van der Waals surface area contributed by atoms with E-state index in [0.717, 1.165) is 19.8 Å². The third kappa shape index (κ3) is 4.71. The molecule has 112 valence electrons. The van der Waals surface area contributed by atoms with Gasteiger partial charge < -0.3 is 19.7 Å². The molecule has 4 nitrogen and oxygen atoms in total. The van der Waals surface area contributed by atoms with Crippen molar-refractivity contribution in [2.75, 3.05) is 46.5 Å². The Kier molecular flexibility index (Phi) is 6.57. The number of piperidine rings is 1. The van der Waals surface area contributed by atoms with Gasteiger partial charge in [-0.3, -0.25) is 0 Å². The van der Waals surface area contributed by atoms with Crippen LogP contribution in [0, 0.1) is 5.92 Å². The third-order valence-corrected chi connectivity index (χ3v) is 4.51. The first-order valence-electron chi connectivity index (χ1n) is 7.89. The van der Waals surface area contributed by atoms with Crippen molar-refractivity contribution in [1.29, 1.82) is 0 Å². The van der Waals surface area contributed by atoms with E-state index in [1.54, 1.807) is 0 Å². The second kappa shape index (κ2) is 8.20. The van der Waals surface area contributed by atoms with Crippen LogP contribution in [0.4, 0.5) is 0 Å². The van der Waals surface area contributed by atoms with Gasteiger partial charge in [-0.2, -0.15) is 0 Å². The molecular weight excluding hydrogens is 240 g/mol. The van der Waals surface area contributed by atoms with Crippen LogP contribution in [-0.2, 0) is 9.47 Å². The molecule has 0 saturated carbocycles. The molecule has 0 bridgehead atoms. The second-order valence-electron chi connectivity index (χ2n) is 5.92. The summed E-state index contributed by atoms with van der Waals surface area (Å²) >= 11 is 0. The first kappa shape index (κ1) is 15.2. The van der Waals surface area contributed by atoms with Crippen molar-refractivity contribution >= 4 is 0 Å². The summed E-state index contributed by atoms with van der Waals surface area (Å²) in [5.74, 6) is 0.701. The largest absolute Gasteiger partial charge is 0.381 e. The Morgan fingerprint density at radius 3 is 2.68 bits per heavy atom. The topological polar surface area (TPSA) is 33.7 Å². The summed E-state index contributed by atoms with van der Waals surface area (Å²) in [4.78, 5) is 2.60. The van der Waals surface area contributed by atoms with Crippen molar-refractivity contribution in [3.8, 4) is 0 Å².